The van der Waals surface area contributed by atoms with E-state index in [1.54, 1.807) is 13.3 Å². The maximum atomic E-state index is 12.7. The first-order valence-corrected chi connectivity index (χ1v) is 12.0. The van der Waals surface area contributed by atoms with E-state index >= 15 is 0 Å². The van der Waals surface area contributed by atoms with Gasteiger partial charge in [0, 0.05) is 23.8 Å². The number of hydrogen-bond acceptors (Lipinski definition) is 6. The van der Waals surface area contributed by atoms with Crippen LogP contribution in [0.1, 0.15) is 23.6 Å². The number of fused-ring (bicyclic) bond motifs is 3. The van der Waals surface area contributed by atoms with Crippen molar-refractivity contribution in [1.82, 2.24) is 19.7 Å². The number of hydrogen-bond donors (Lipinski definition) is 4. The highest BCUT2D eigenvalue weighted by Crippen LogP contribution is 2.34. The average molecular weight is 488 g/mol. The molecule has 34 heavy (non-hydrogen) atoms. The first-order chi connectivity index (χ1) is 16.1. The molecule has 12 heteroatoms. The van der Waals surface area contributed by atoms with E-state index < -0.39 is 7.82 Å². The van der Waals surface area contributed by atoms with E-state index in [0.29, 0.717) is 17.9 Å². The molecule has 1 aliphatic rings. The molecule has 4 N–H and O–H groups in total. The minimum absolute atomic E-state index is 0.129. The molecule has 0 saturated carbocycles. The highest BCUT2D eigenvalue weighted by molar-refractivity contribution is 7.45. The smallest absolute Gasteiger partial charge is 0.466 e. The fraction of sp³-hybridized carbons (Fsp3) is 0.318. The Morgan fingerprint density at radius 3 is 2.59 bits per heavy atom. The highest BCUT2D eigenvalue weighted by atomic mass is 31.2. The summed E-state index contributed by atoms with van der Waals surface area (Å²) in [7, 11) is -3.02. The number of H-pyrrole nitrogens is 1. The number of rotatable bonds is 3. The molecule has 1 aromatic carbocycles. The second kappa shape index (κ2) is 9.28. The van der Waals surface area contributed by atoms with Crippen molar-refractivity contribution in [2.75, 3.05) is 20.3 Å². The normalized spacial score (nSPS) is 16.0. The molecule has 3 aromatic heterocycles. The van der Waals surface area contributed by atoms with Gasteiger partial charge in [0.05, 0.1) is 42.4 Å². The fourth-order valence-corrected chi connectivity index (χ4v) is 4.36. The van der Waals surface area contributed by atoms with E-state index in [1.807, 2.05) is 30.8 Å². The summed E-state index contributed by atoms with van der Waals surface area (Å²) in [6, 6.07) is 6.32. The van der Waals surface area contributed by atoms with E-state index in [4.69, 9.17) is 28.7 Å². The van der Waals surface area contributed by atoms with E-state index in [1.165, 1.54) is 0 Å². The maximum absolute atomic E-state index is 12.7. The van der Waals surface area contributed by atoms with Crippen LogP contribution in [0.2, 0.25) is 0 Å². The summed E-state index contributed by atoms with van der Waals surface area (Å²) in [5, 5.41) is 6.09. The van der Waals surface area contributed by atoms with Crippen LogP contribution >= 0.6 is 7.82 Å². The Morgan fingerprint density at radius 1 is 1.21 bits per heavy atom. The van der Waals surface area contributed by atoms with Crippen LogP contribution in [0.15, 0.2) is 35.4 Å². The predicted molar refractivity (Wildman–Crippen MR) is 126 cm³/mol. The Hall–Kier alpha value is -3.08. The molecule has 180 valence electrons. The van der Waals surface area contributed by atoms with Gasteiger partial charge in [0.2, 0.25) is 5.88 Å². The van der Waals surface area contributed by atoms with Gasteiger partial charge in [0.1, 0.15) is 0 Å². The van der Waals surface area contributed by atoms with Crippen LogP contribution in [-0.2, 0) is 9.30 Å². The van der Waals surface area contributed by atoms with Gasteiger partial charge in [-0.2, -0.15) is 5.10 Å². The van der Waals surface area contributed by atoms with E-state index in [-0.39, 0.29) is 11.6 Å². The molecule has 1 saturated heterocycles. The lowest BCUT2D eigenvalue weighted by Crippen LogP contribution is -2.12. The lowest BCUT2D eigenvalue weighted by Gasteiger charge is -2.14. The van der Waals surface area contributed by atoms with Crippen molar-refractivity contribution in [3.8, 4) is 17.0 Å². The third-order valence-corrected chi connectivity index (χ3v) is 5.76. The molecule has 1 fully saturated rings. The maximum Gasteiger partial charge on any atom is 0.466 e. The quantitative estimate of drug-likeness (QED) is 0.318. The summed E-state index contributed by atoms with van der Waals surface area (Å²) < 4.78 is 21.8. The molecule has 0 amide bonds. The number of aromatic amines is 1. The number of benzene rings is 1. The van der Waals surface area contributed by atoms with Gasteiger partial charge < -0.3 is 29.1 Å². The van der Waals surface area contributed by atoms with Crippen molar-refractivity contribution in [3.63, 3.8) is 0 Å². The van der Waals surface area contributed by atoms with Gasteiger partial charge in [0.25, 0.3) is 5.56 Å². The van der Waals surface area contributed by atoms with Crippen LogP contribution in [-0.4, -0.2) is 54.8 Å². The standard InChI is InChI=1S/C22H22N4O3.H3O4P/c1-12-9-23-22(28-3)13(2)19(12)14-4-5-16-18(8-14)25-21(27)17-10-24-26(20(16)17)15-6-7-29-11-15;1-5(2,3)4/h4-5,8-10,15H,6-7,11H2,1-3H3,(H,25,27);(H3,1,2,3,4). The van der Waals surface area contributed by atoms with Crippen molar-refractivity contribution in [2.24, 2.45) is 0 Å². The topological polar surface area (TPSA) is 160 Å². The summed E-state index contributed by atoms with van der Waals surface area (Å²) in [4.78, 5) is 41.7. The number of ether oxygens (including phenoxy) is 2. The third-order valence-electron chi connectivity index (χ3n) is 5.76. The Balaban J connectivity index is 0.000000499. The number of methoxy groups -OCH3 is 1. The van der Waals surface area contributed by atoms with Crippen molar-refractivity contribution < 1.29 is 28.7 Å². The Labute approximate surface area is 194 Å². The SMILES string of the molecule is COc1ncc(C)c(-c2ccc3c(c2)[nH]c(=O)c2cnn(C4CCOC4)c23)c1C.O=P(O)(O)O. The molecule has 0 spiro atoms. The molecular formula is C22H25N4O7P. The molecule has 4 heterocycles. The Bertz CT molecular complexity index is 1460. The Kier molecular flexibility index (Phi) is 6.57. The second-order valence-electron chi connectivity index (χ2n) is 8.05. The minimum Gasteiger partial charge on any atom is -0.481 e. The van der Waals surface area contributed by atoms with Crippen molar-refractivity contribution in [3.05, 3.63) is 52.1 Å². The number of aryl methyl sites for hydroxylation is 1. The molecule has 0 radical (unpaired) electrons. The monoisotopic (exact) mass is 488 g/mol. The van der Waals surface area contributed by atoms with Crippen molar-refractivity contribution >= 4 is 29.6 Å². The number of aromatic nitrogens is 4. The number of phosphoric acid groups is 1. The lowest BCUT2D eigenvalue weighted by molar-refractivity contribution is 0.185. The second-order valence-corrected chi connectivity index (χ2v) is 9.07. The minimum atomic E-state index is -4.64. The zero-order valence-corrected chi connectivity index (χ0v) is 19.7. The molecule has 1 aliphatic heterocycles. The van der Waals surface area contributed by atoms with Crippen LogP contribution in [0.25, 0.3) is 32.9 Å². The molecule has 4 aromatic rings. The first kappa shape index (κ1) is 24.1. The van der Waals surface area contributed by atoms with Gasteiger partial charge in [0.15, 0.2) is 0 Å². The van der Waals surface area contributed by atoms with Crippen LogP contribution < -0.4 is 10.3 Å². The van der Waals surface area contributed by atoms with Gasteiger partial charge in [-0.05, 0) is 43.0 Å². The number of pyridine rings is 2. The molecular weight excluding hydrogens is 463 g/mol. The van der Waals surface area contributed by atoms with Gasteiger partial charge in [-0.15, -0.1) is 0 Å². The van der Waals surface area contributed by atoms with E-state index in [9.17, 15) is 4.79 Å². The lowest BCUT2D eigenvalue weighted by atomic mass is 9.96. The van der Waals surface area contributed by atoms with E-state index in [0.717, 1.165) is 51.7 Å². The summed E-state index contributed by atoms with van der Waals surface area (Å²) in [5.41, 5.74) is 5.64. The number of nitrogens with zero attached hydrogens (tertiary/aromatic N) is 3. The highest BCUT2D eigenvalue weighted by Gasteiger charge is 2.22. The molecule has 0 aliphatic carbocycles. The van der Waals surface area contributed by atoms with Crippen LogP contribution in [0.5, 0.6) is 5.88 Å². The zero-order chi connectivity index (χ0) is 24.6. The average Bonchev–Trinajstić information content (AvgIpc) is 3.43. The largest absolute Gasteiger partial charge is 0.481 e. The molecule has 1 unspecified atom stereocenters. The summed E-state index contributed by atoms with van der Waals surface area (Å²) in [6.45, 7) is 5.37. The molecule has 5 rings (SSSR count). The van der Waals surface area contributed by atoms with Crippen LogP contribution in [0.4, 0.5) is 0 Å². The first-order valence-electron chi connectivity index (χ1n) is 10.5. The van der Waals surface area contributed by atoms with Gasteiger partial charge in [-0.1, -0.05) is 12.1 Å². The fourth-order valence-electron chi connectivity index (χ4n) is 4.36. The predicted octanol–water partition coefficient (Wildman–Crippen LogP) is 2.60. The van der Waals surface area contributed by atoms with Crippen molar-refractivity contribution in [2.45, 2.75) is 26.3 Å². The number of nitrogens with one attached hydrogen (secondary N) is 1. The summed E-state index contributed by atoms with van der Waals surface area (Å²) in [6.07, 6.45) is 4.37. The molecule has 11 nitrogen and oxygen atoms in total. The van der Waals surface area contributed by atoms with Crippen LogP contribution in [0.3, 0.4) is 0 Å². The van der Waals surface area contributed by atoms with Gasteiger partial charge in [-0.25, -0.2) is 9.55 Å². The van der Waals surface area contributed by atoms with Crippen molar-refractivity contribution in [1.29, 1.82) is 0 Å². The zero-order valence-electron chi connectivity index (χ0n) is 18.8. The van der Waals surface area contributed by atoms with Gasteiger partial charge >= 0.3 is 7.82 Å². The molecule has 1 atom stereocenters. The van der Waals surface area contributed by atoms with E-state index in [2.05, 4.69) is 27.2 Å². The third kappa shape index (κ3) is 4.75. The molecule has 0 bridgehead atoms. The van der Waals surface area contributed by atoms with Crippen LogP contribution in [0, 0.1) is 13.8 Å². The summed E-state index contributed by atoms with van der Waals surface area (Å²) in [5.74, 6) is 0.606. The van der Waals surface area contributed by atoms with Gasteiger partial charge in [-0.3, -0.25) is 9.48 Å². The Morgan fingerprint density at radius 2 is 1.94 bits per heavy atom. The summed E-state index contributed by atoms with van der Waals surface area (Å²) >= 11 is 0.